The van der Waals surface area contributed by atoms with Gasteiger partial charge in [0.2, 0.25) is 0 Å². The maximum atomic E-state index is 12.3. The molecule has 1 rings (SSSR count). The van der Waals surface area contributed by atoms with Crippen molar-refractivity contribution in [1.29, 1.82) is 0 Å². The molecule has 0 radical (unpaired) electrons. The predicted octanol–water partition coefficient (Wildman–Crippen LogP) is 1.46. The lowest BCUT2D eigenvalue weighted by atomic mass is 10.0. The van der Waals surface area contributed by atoms with Crippen LogP contribution in [-0.2, 0) is 10.2 Å². The highest BCUT2D eigenvalue weighted by molar-refractivity contribution is 7.87. The second kappa shape index (κ2) is 8.19. The van der Waals surface area contributed by atoms with Crippen LogP contribution in [0.5, 0.6) is 0 Å². The number of piperidine rings is 1. The summed E-state index contributed by atoms with van der Waals surface area (Å²) in [6.45, 7) is 5.88. The minimum absolute atomic E-state index is 0.116. The van der Waals surface area contributed by atoms with Crippen molar-refractivity contribution >= 4 is 10.2 Å². The predicted molar refractivity (Wildman–Crippen MR) is 79.0 cm³/mol. The second-order valence-electron chi connectivity index (χ2n) is 5.54. The van der Waals surface area contributed by atoms with Crippen LogP contribution in [0.25, 0.3) is 0 Å². The van der Waals surface area contributed by atoms with E-state index in [1.807, 2.05) is 6.92 Å². The first-order valence-corrected chi connectivity index (χ1v) is 8.91. The Labute approximate surface area is 118 Å². The zero-order valence-corrected chi connectivity index (χ0v) is 13.1. The summed E-state index contributed by atoms with van der Waals surface area (Å²) in [5.41, 5.74) is 5.58. The molecule has 19 heavy (non-hydrogen) atoms. The minimum atomic E-state index is -3.32. The number of nitrogens with one attached hydrogen (secondary N) is 1. The summed E-state index contributed by atoms with van der Waals surface area (Å²) < 4.78 is 29.0. The molecule has 114 valence electrons. The molecule has 0 aliphatic carbocycles. The molecule has 0 aromatic carbocycles. The molecule has 2 unspecified atom stereocenters. The highest BCUT2D eigenvalue weighted by Gasteiger charge is 2.29. The molecule has 6 heteroatoms. The molecule has 0 amide bonds. The van der Waals surface area contributed by atoms with Gasteiger partial charge in [0.1, 0.15) is 0 Å². The van der Waals surface area contributed by atoms with Gasteiger partial charge in [0.05, 0.1) is 0 Å². The van der Waals surface area contributed by atoms with Crippen LogP contribution in [0, 0.1) is 5.92 Å². The van der Waals surface area contributed by atoms with Crippen molar-refractivity contribution in [3.63, 3.8) is 0 Å². The largest absolute Gasteiger partial charge is 0.330 e. The third-order valence-corrected chi connectivity index (χ3v) is 5.57. The summed E-state index contributed by atoms with van der Waals surface area (Å²) in [5.74, 6) is 0.352. The van der Waals surface area contributed by atoms with Gasteiger partial charge >= 0.3 is 0 Å². The fourth-order valence-corrected chi connectivity index (χ4v) is 4.29. The number of rotatable bonds is 8. The first-order chi connectivity index (χ1) is 9.01. The van der Waals surface area contributed by atoms with Gasteiger partial charge in [-0.1, -0.05) is 19.8 Å². The van der Waals surface area contributed by atoms with Gasteiger partial charge in [-0.05, 0) is 45.1 Å². The summed E-state index contributed by atoms with van der Waals surface area (Å²) in [7, 11) is -3.32. The molecule has 0 spiro atoms. The Kier molecular flexibility index (Phi) is 7.28. The summed E-state index contributed by atoms with van der Waals surface area (Å²) in [6.07, 6.45) is 6.01. The Morgan fingerprint density at radius 3 is 2.68 bits per heavy atom. The minimum Gasteiger partial charge on any atom is -0.330 e. The normalized spacial score (nSPS) is 23.4. The highest BCUT2D eigenvalue weighted by Crippen LogP contribution is 2.19. The number of nitrogens with zero attached hydrogens (tertiary/aromatic N) is 1. The van der Waals surface area contributed by atoms with E-state index in [9.17, 15) is 8.42 Å². The average Bonchev–Trinajstić information content (AvgIpc) is 2.37. The van der Waals surface area contributed by atoms with E-state index in [0.717, 1.165) is 38.5 Å². The molecule has 1 heterocycles. The van der Waals surface area contributed by atoms with E-state index in [2.05, 4.69) is 11.6 Å². The summed E-state index contributed by atoms with van der Waals surface area (Å²) >= 11 is 0. The molecule has 2 atom stereocenters. The fraction of sp³-hybridized carbons (Fsp3) is 1.00. The average molecular weight is 291 g/mol. The Hall–Kier alpha value is -0.170. The van der Waals surface area contributed by atoms with E-state index >= 15 is 0 Å². The van der Waals surface area contributed by atoms with Crippen LogP contribution >= 0.6 is 0 Å². The smallest absolute Gasteiger partial charge is 0.279 e. The topological polar surface area (TPSA) is 75.4 Å². The Morgan fingerprint density at radius 2 is 2.11 bits per heavy atom. The lowest BCUT2D eigenvalue weighted by Crippen LogP contribution is -2.48. The summed E-state index contributed by atoms with van der Waals surface area (Å²) in [6, 6.07) is 0.116. The van der Waals surface area contributed by atoms with E-state index < -0.39 is 10.2 Å². The molecule has 0 aromatic heterocycles. The van der Waals surface area contributed by atoms with Crippen LogP contribution in [0.1, 0.15) is 52.4 Å². The molecular weight excluding hydrogens is 262 g/mol. The van der Waals surface area contributed by atoms with Crippen molar-refractivity contribution in [3.05, 3.63) is 0 Å². The van der Waals surface area contributed by atoms with Gasteiger partial charge in [0, 0.05) is 19.1 Å². The first kappa shape index (κ1) is 16.9. The van der Waals surface area contributed by atoms with Crippen LogP contribution in [0.2, 0.25) is 0 Å². The van der Waals surface area contributed by atoms with E-state index in [-0.39, 0.29) is 6.04 Å². The van der Waals surface area contributed by atoms with Crippen molar-refractivity contribution in [2.45, 2.75) is 58.4 Å². The molecule has 0 bridgehead atoms. The van der Waals surface area contributed by atoms with Crippen LogP contribution in [-0.4, -0.2) is 38.4 Å². The zero-order valence-electron chi connectivity index (χ0n) is 12.3. The van der Waals surface area contributed by atoms with Gasteiger partial charge < -0.3 is 5.73 Å². The van der Waals surface area contributed by atoms with E-state index in [0.29, 0.717) is 25.6 Å². The Morgan fingerprint density at radius 1 is 1.37 bits per heavy atom. The van der Waals surface area contributed by atoms with Gasteiger partial charge in [-0.3, -0.25) is 0 Å². The van der Waals surface area contributed by atoms with Crippen molar-refractivity contribution in [3.8, 4) is 0 Å². The number of hydrogen-bond acceptors (Lipinski definition) is 3. The van der Waals surface area contributed by atoms with Crippen LogP contribution in [0.4, 0.5) is 0 Å². The molecule has 3 N–H and O–H groups in total. The molecule has 0 aromatic rings. The summed E-state index contributed by atoms with van der Waals surface area (Å²) in [5, 5.41) is 0. The van der Waals surface area contributed by atoms with Crippen LogP contribution in [0.3, 0.4) is 0 Å². The van der Waals surface area contributed by atoms with Crippen molar-refractivity contribution in [1.82, 2.24) is 9.03 Å². The number of hydrogen-bond donors (Lipinski definition) is 2. The second-order valence-corrected chi connectivity index (χ2v) is 7.25. The third-order valence-electron chi connectivity index (χ3n) is 3.88. The maximum Gasteiger partial charge on any atom is 0.279 e. The van der Waals surface area contributed by atoms with Crippen LogP contribution < -0.4 is 10.5 Å². The lowest BCUT2D eigenvalue weighted by molar-refractivity contribution is 0.264. The lowest BCUT2D eigenvalue weighted by Gasteiger charge is -2.32. The van der Waals surface area contributed by atoms with Crippen LogP contribution in [0.15, 0.2) is 0 Å². The van der Waals surface area contributed by atoms with Gasteiger partial charge in [-0.15, -0.1) is 0 Å². The molecule has 1 aliphatic rings. The molecular formula is C13H29N3O2S. The van der Waals surface area contributed by atoms with Crippen molar-refractivity contribution in [2.24, 2.45) is 11.7 Å². The summed E-state index contributed by atoms with van der Waals surface area (Å²) in [4.78, 5) is 0. The number of nitrogens with two attached hydrogens (primary N) is 1. The molecule has 5 nitrogen and oxygen atoms in total. The quantitative estimate of drug-likeness (QED) is 0.711. The molecule has 0 saturated carbocycles. The third kappa shape index (κ3) is 5.38. The van der Waals surface area contributed by atoms with Gasteiger partial charge in [0.15, 0.2) is 0 Å². The van der Waals surface area contributed by atoms with E-state index in [1.54, 1.807) is 4.31 Å². The molecule has 1 aliphatic heterocycles. The van der Waals surface area contributed by atoms with Gasteiger partial charge in [-0.2, -0.15) is 12.7 Å². The van der Waals surface area contributed by atoms with E-state index in [4.69, 9.17) is 5.73 Å². The highest BCUT2D eigenvalue weighted by atomic mass is 32.2. The molecule has 1 fully saturated rings. The molecule has 1 saturated heterocycles. The Balaban J connectivity index is 2.53. The maximum absolute atomic E-state index is 12.3. The zero-order chi connectivity index (χ0) is 14.3. The SMILES string of the molecule is CCCC(CCN)CNS(=O)(=O)N1CCCCC1C. The Bertz CT molecular complexity index is 340. The monoisotopic (exact) mass is 291 g/mol. The standard InChI is InChI=1S/C13H29N3O2S/c1-3-6-13(8-9-14)11-15-19(17,18)16-10-5-4-7-12(16)2/h12-13,15H,3-11,14H2,1-2H3. The van der Waals surface area contributed by atoms with Crippen molar-refractivity contribution in [2.75, 3.05) is 19.6 Å². The van der Waals surface area contributed by atoms with Crippen molar-refractivity contribution < 1.29 is 8.42 Å². The van der Waals surface area contributed by atoms with Gasteiger partial charge in [0.25, 0.3) is 10.2 Å². The van der Waals surface area contributed by atoms with E-state index in [1.165, 1.54) is 0 Å². The van der Waals surface area contributed by atoms with Gasteiger partial charge in [-0.25, -0.2) is 4.72 Å². The fourth-order valence-electron chi connectivity index (χ4n) is 2.73. The first-order valence-electron chi connectivity index (χ1n) is 7.47.